The minimum atomic E-state index is -0.837. The van der Waals surface area contributed by atoms with Crippen LogP contribution in [0.1, 0.15) is 36.7 Å². The molecule has 2 atom stereocenters. The van der Waals surface area contributed by atoms with Crippen LogP contribution in [0.25, 0.3) is 11.0 Å². The van der Waals surface area contributed by atoms with Gasteiger partial charge in [-0.05, 0) is 48.7 Å². The predicted molar refractivity (Wildman–Crippen MR) is 95.9 cm³/mol. The Morgan fingerprint density at radius 2 is 1.92 bits per heavy atom. The van der Waals surface area contributed by atoms with Crippen LogP contribution in [0.15, 0.2) is 52.9 Å². The molecule has 5 heteroatoms. The molecule has 3 aromatic rings. The molecule has 0 bridgehead atoms. The summed E-state index contributed by atoms with van der Waals surface area (Å²) in [5.74, 6) is 1.20. The molecule has 1 aromatic heterocycles. The number of halogens is 1. The fourth-order valence-corrected chi connectivity index (χ4v) is 3.13. The van der Waals surface area contributed by atoms with Gasteiger partial charge >= 0.3 is 0 Å². The Morgan fingerprint density at radius 3 is 2.68 bits per heavy atom. The number of hydrogen-bond donors (Lipinski definition) is 1. The van der Waals surface area contributed by atoms with Gasteiger partial charge in [0.25, 0.3) is 0 Å². The molecule has 4 rings (SSSR count). The second-order valence-corrected chi connectivity index (χ2v) is 6.65. The zero-order valence-corrected chi connectivity index (χ0v) is 14.4. The van der Waals surface area contributed by atoms with Gasteiger partial charge < -0.3 is 19.0 Å². The number of ether oxygens (including phenoxy) is 2. The van der Waals surface area contributed by atoms with E-state index in [0.717, 1.165) is 36.8 Å². The van der Waals surface area contributed by atoms with Crippen molar-refractivity contribution in [3.63, 3.8) is 0 Å². The van der Waals surface area contributed by atoms with Gasteiger partial charge in [0.15, 0.2) is 6.29 Å². The fraction of sp³-hybridized carbons (Fsp3) is 0.300. The molecule has 2 aromatic carbocycles. The third-order valence-corrected chi connectivity index (χ3v) is 4.62. The summed E-state index contributed by atoms with van der Waals surface area (Å²) < 4.78 is 17.3. The number of hydrogen-bond acceptors (Lipinski definition) is 4. The topological polar surface area (TPSA) is 51.8 Å². The Kier molecular flexibility index (Phi) is 4.66. The molecule has 2 unspecified atom stereocenters. The van der Waals surface area contributed by atoms with E-state index in [0.29, 0.717) is 22.1 Å². The molecule has 0 saturated carbocycles. The van der Waals surface area contributed by atoms with Gasteiger partial charge in [0.1, 0.15) is 23.2 Å². The van der Waals surface area contributed by atoms with E-state index in [4.69, 9.17) is 25.5 Å². The summed E-state index contributed by atoms with van der Waals surface area (Å²) in [4.78, 5) is 0. The predicted octanol–water partition coefficient (Wildman–Crippen LogP) is 5.07. The first-order valence-corrected chi connectivity index (χ1v) is 8.82. The molecule has 4 nitrogen and oxygen atoms in total. The summed E-state index contributed by atoms with van der Waals surface area (Å²) in [7, 11) is 0. The van der Waals surface area contributed by atoms with E-state index >= 15 is 0 Å². The maximum Gasteiger partial charge on any atom is 0.199 e. The van der Waals surface area contributed by atoms with Gasteiger partial charge in [-0.1, -0.05) is 23.7 Å². The van der Waals surface area contributed by atoms with Crippen LogP contribution in [0.5, 0.6) is 5.75 Å². The van der Waals surface area contributed by atoms with Crippen molar-refractivity contribution in [2.24, 2.45) is 0 Å². The van der Waals surface area contributed by atoms with Crippen LogP contribution in [0, 0.1) is 0 Å². The minimum absolute atomic E-state index is 0.194. The lowest BCUT2D eigenvalue weighted by Crippen LogP contribution is -2.24. The molecule has 1 fully saturated rings. The Hall–Kier alpha value is -2.01. The molecule has 0 aliphatic carbocycles. The highest BCUT2D eigenvalue weighted by atomic mass is 35.5. The van der Waals surface area contributed by atoms with Crippen LogP contribution < -0.4 is 4.74 Å². The zero-order chi connectivity index (χ0) is 17.2. The first kappa shape index (κ1) is 16.5. The molecule has 25 heavy (non-hydrogen) atoms. The van der Waals surface area contributed by atoms with E-state index in [9.17, 15) is 5.11 Å². The second kappa shape index (κ2) is 7.08. The third kappa shape index (κ3) is 3.66. The lowest BCUT2D eigenvalue weighted by atomic mass is 10.1. The van der Waals surface area contributed by atoms with Crippen molar-refractivity contribution in [2.45, 2.75) is 31.7 Å². The summed E-state index contributed by atoms with van der Waals surface area (Å²) >= 11 is 5.89. The molecule has 0 amide bonds. The van der Waals surface area contributed by atoms with Crippen molar-refractivity contribution in [3.05, 3.63) is 64.9 Å². The lowest BCUT2D eigenvalue weighted by molar-refractivity contribution is -0.105. The number of fused-ring (bicyclic) bond motifs is 1. The molecular weight excluding hydrogens is 340 g/mol. The Balaban J connectivity index is 1.56. The van der Waals surface area contributed by atoms with Crippen molar-refractivity contribution < 1.29 is 19.0 Å². The van der Waals surface area contributed by atoms with E-state index in [-0.39, 0.29) is 6.29 Å². The second-order valence-electron chi connectivity index (χ2n) is 6.22. The van der Waals surface area contributed by atoms with Gasteiger partial charge in [-0.3, -0.25) is 0 Å². The van der Waals surface area contributed by atoms with Crippen molar-refractivity contribution in [1.29, 1.82) is 0 Å². The summed E-state index contributed by atoms with van der Waals surface area (Å²) in [6.45, 7) is 0.741. The van der Waals surface area contributed by atoms with Crippen LogP contribution in [0.4, 0.5) is 0 Å². The van der Waals surface area contributed by atoms with E-state index in [1.54, 1.807) is 24.3 Å². The van der Waals surface area contributed by atoms with Crippen LogP contribution >= 0.6 is 11.6 Å². The first-order valence-electron chi connectivity index (χ1n) is 8.44. The largest absolute Gasteiger partial charge is 0.465 e. The van der Waals surface area contributed by atoms with Gasteiger partial charge in [0.05, 0.1) is 6.61 Å². The van der Waals surface area contributed by atoms with Crippen molar-refractivity contribution in [1.82, 2.24) is 0 Å². The summed E-state index contributed by atoms with van der Waals surface area (Å²) in [5, 5.41) is 12.1. The standard InChI is InChI=1S/C20H19ClO4/c21-15-7-4-13(5-8-15)20(22)18-11-14-6-9-16(12-17(14)25-18)24-19-3-1-2-10-23-19/h4-9,11-12,19-20,22H,1-3,10H2. The van der Waals surface area contributed by atoms with E-state index in [1.165, 1.54) is 0 Å². The average Bonchev–Trinajstić information content (AvgIpc) is 3.06. The fourth-order valence-electron chi connectivity index (χ4n) is 3.01. The Labute approximate surface area is 150 Å². The molecule has 130 valence electrons. The summed E-state index contributed by atoms with van der Waals surface area (Å²) in [5.41, 5.74) is 1.41. The quantitative estimate of drug-likeness (QED) is 0.707. The van der Waals surface area contributed by atoms with Crippen molar-refractivity contribution in [3.8, 4) is 5.75 Å². The third-order valence-electron chi connectivity index (χ3n) is 4.37. The molecule has 2 heterocycles. The molecular formula is C20H19ClO4. The first-order chi connectivity index (χ1) is 12.2. The highest BCUT2D eigenvalue weighted by Crippen LogP contribution is 2.31. The van der Waals surface area contributed by atoms with Crippen LogP contribution in [0.3, 0.4) is 0 Å². The zero-order valence-electron chi connectivity index (χ0n) is 13.7. The number of aliphatic hydroxyl groups excluding tert-OH is 1. The van der Waals surface area contributed by atoms with Gasteiger partial charge in [-0.25, -0.2) is 0 Å². The number of furan rings is 1. The monoisotopic (exact) mass is 358 g/mol. The average molecular weight is 359 g/mol. The highest BCUT2D eigenvalue weighted by molar-refractivity contribution is 6.30. The van der Waals surface area contributed by atoms with Gasteiger partial charge in [-0.2, -0.15) is 0 Å². The highest BCUT2D eigenvalue weighted by Gasteiger charge is 2.18. The van der Waals surface area contributed by atoms with Crippen molar-refractivity contribution >= 4 is 22.6 Å². The molecule has 1 aliphatic rings. The molecule has 1 N–H and O–H groups in total. The SMILES string of the molecule is OC(c1ccc(Cl)cc1)c1cc2ccc(OC3CCCCO3)cc2o1. The van der Waals surface area contributed by atoms with Crippen LogP contribution in [-0.2, 0) is 4.74 Å². The van der Waals surface area contributed by atoms with E-state index in [1.807, 2.05) is 24.3 Å². The van der Waals surface area contributed by atoms with Crippen LogP contribution in [-0.4, -0.2) is 18.0 Å². The lowest BCUT2D eigenvalue weighted by Gasteiger charge is -2.23. The molecule has 0 spiro atoms. The van der Waals surface area contributed by atoms with Gasteiger partial charge in [0.2, 0.25) is 0 Å². The van der Waals surface area contributed by atoms with Crippen LogP contribution in [0.2, 0.25) is 5.02 Å². The smallest absolute Gasteiger partial charge is 0.199 e. The molecule has 1 aliphatic heterocycles. The molecule has 0 radical (unpaired) electrons. The summed E-state index contributed by atoms with van der Waals surface area (Å²) in [6.07, 6.45) is 2.07. The van der Waals surface area contributed by atoms with Gasteiger partial charge in [0, 0.05) is 22.9 Å². The number of rotatable bonds is 4. The van der Waals surface area contributed by atoms with Gasteiger partial charge in [-0.15, -0.1) is 0 Å². The number of benzene rings is 2. The maximum atomic E-state index is 10.5. The normalized spacial score (nSPS) is 19.0. The molecule has 1 saturated heterocycles. The minimum Gasteiger partial charge on any atom is -0.465 e. The van der Waals surface area contributed by atoms with Crippen molar-refractivity contribution in [2.75, 3.05) is 6.61 Å². The number of aliphatic hydroxyl groups is 1. The van der Waals surface area contributed by atoms with E-state index < -0.39 is 6.10 Å². The Morgan fingerprint density at radius 1 is 1.08 bits per heavy atom. The Bertz CT molecular complexity index is 850. The summed E-state index contributed by atoms with van der Waals surface area (Å²) in [6, 6.07) is 14.6. The maximum absolute atomic E-state index is 10.5. The van der Waals surface area contributed by atoms with E-state index in [2.05, 4.69) is 0 Å².